The molecule has 0 aliphatic heterocycles. The molecule has 3 N–H and O–H groups in total. The minimum absolute atomic E-state index is 0.0155. The van der Waals surface area contributed by atoms with Crippen molar-refractivity contribution in [1.29, 1.82) is 0 Å². The largest absolute Gasteiger partial charge is 0.394 e. The maximum absolute atomic E-state index is 9.01. The Labute approximate surface area is 83.7 Å². The molecule has 1 aliphatic rings. The Kier molecular flexibility index (Phi) is 2.84. The predicted molar refractivity (Wildman–Crippen MR) is 53.7 cm³/mol. The van der Waals surface area contributed by atoms with Crippen LogP contribution >= 0.6 is 0 Å². The summed E-state index contributed by atoms with van der Waals surface area (Å²) in [6, 6.07) is 2.11. The van der Waals surface area contributed by atoms with Gasteiger partial charge < -0.3 is 10.8 Å². The van der Waals surface area contributed by atoms with Crippen LogP contribution in [-0.4, -0.2) is 21.5 Å². The van der Waals surface area contributed by atoms with Gasteiger partial charge in [-0.15, -0.1) is 0 Å². The van der Waals surface area contributed by atoms with Gasteiger partial charge in [0, 0.05) is 6.20 Å². The summed E-state index contributed by atoms with van der Waals surface area (Å²) >= 11 is 0. The molecule has 4 nitrogen and oxygen atoms in total. The van der Waals surface area contributed by atoms with E-state index < -0.39 is 0 Å². The first-order chi connectivity index (χ1) is 6.83. The van der Waals surface area contributed by atoms with E-state index in [-0.39, 0.29) is 12.6 Å². The summed E-state index contributed by atoms with van der Waals surface area (Å²) in [5.74, 6) is 0. The van der Waals surface area contributed by atoms with Gasteiger partial charge >= 0.3 is 0 Å². The fourth-order valence-corrected chi connectivity index (χ4v) is 2.17. The van der Waals surface area contributed by atoms with E-state index in [1.807, 2.05) is 10.7 Å². The third kappa shape index (κ3) is 1.67. The SMILES string of the molecule is NC(CO)c1ccnn1C1CCCC1. The summed E-state index contributed by atoms with van der Waals surface area (Å²) in [6.45, 7) is -0.0155. The molecule has 14 heavy (non-hydrogen) atoms. The second-order valence-corrected chi connectivity index (χ2v) is 3.93. The number of hydrogen-bond donors (Lipinski definition) is 2. The highest BCUT2D eigenvalue weighted by atomic mass is 16.3. The Morgan fingerprint density at radius 2 is 2.29 bits per heavy atom. The van der Waals surface area contributed by atoms with E-state index in [1.165, 1.54) is 25.7 Å². The Morgan fingerprint density at radius 3 is 2.93 bits per heavy atom. The Bertz CT molecular complexity index is 291. The highest BCUT2D eigenvalue weighted by molar-refractivity contribution is 5.07. The van der Waals surface area contributed by atoms with Crippen molar-refractivity contribution in [2.24, 2.45) is 5.73 Å². The average molecular weight is 195 g/mol. The van der Waals surface area contributed by atoms with E-state index in [0.717, 1.165) is 5.69 Å². The molecule has 0 saturated heterocycles. The van der Waals surface area contributed by atoms with E-state index in [2.05, 4.69) is 5.10 Å². The van der Waals surface area contributed by atoms with Gasteiger partial charge in [0.15, 0.2) is 0 Å². The summed E-state index contributed by atoms with van der Waals surface area (Å²) in [7, 11) is 0. The minimum atomic E-state index is -0.293. The number of hydrogen-bond acceptors (Lipinski definition) is 3. The average Bonchev–Trinajstić information content (AvgIpc) is 2.85. The van der Waals surface area contributed by atoms with Crippen molar-refractivity contribution in [2.45, 2.75) is 37.8 Å². The van der Waals surface area contributed by atoms with Crippen LogP contribution in [0, 0.1) is 0 Å². The molecule has 0 bridgehead atoms. The van der Waals surface area contributed by atoms with E-state index in [9.17, 15) is 0 Å². The van der Waals surface area contributed by atoms with Gasteiger partial charge in [-0.1, -0.05) is 12.8 Å². The lowest BCUT2D eigenvalue weighted by atomic mass is 10.2. The quantitative estimate of drug-likeness (QED) is 0.756. The third-order valence-electron chi connectivity index (χ3n) is 2.95. The zero-order valence-corrected chi connectivity index (χ0v) is 8.26. The Hall–Kier alpha value is -0.870. The molecular formula is C10H17N3O. The van der Waals surface area contributed by atoms with Crippen molar-refractivity contribution < 1.29 is 5.11 Å². The molecule has 1 aromatic heterocycles. The van der Waals surface area contributed by atoms with Gasteiger partial charge in [-0.25, -0.2) is 0 Å². The molecule has 0 amide bonds. The van der Waals surface area contributed by atoms with Crippen LogP contribution in [0.3, 0.4) is 0 Å². The standard InChI is InChI=1S/C10H17N3O/c11-9(7-14)10-5-6-12-13(10)8-3-1-2-4-8/h5-6,8-9,14H,1-4,7,11H2. The van der Waals surface area contributed by atoms with Crippen molar-refractivity contribution in [3.8, 4) is 0 Å². The number of aromatic nitrogens is 2. The topological polar surface area (TPSA) is 64.1 Å². The number of rotatable bonds is 3. The molecule has 1 aromatic rings. The minimum Gasteiger partial charge on any atom is -0.394 e. The molecule has 1 saturated carbocycles. The van der Waals surface area contributed by atoms with Crippen LogP contribution in [0.4, 0.5) is 0 Å². The lowest BCUT2D eigenvalue weighted by molar-refractivity contribution is 0.259. The van der Waals surface area contributed by atoms with Crippen molar-refractivity contribution in [2.75, 3.05) is 6.61 Å². The van der Waals surface area contributed by atoms with E-state index in [4.69, 9.17) is 10.8 Å². The van der Waals surface area contributed by atoms with Crippen LogP contribution in [0.5, 0.6) is 0 Å². The van der Waals surface area contributed by atoms with E-state index in [1.54, 1.807) is 6.20 Å². The summed E-state index contributed by atoms with van der Waals surface area (Å²) in [5.41, 5.74) is 6.75. The molecule has 2 rings (SSSR count). The maximum Gasteiger partial charge on any atom is 0.0702 e. The number of nitrogens with two attached hydrogens (primary N) is 1. The highest BCUT2D eigenvalue weighted by Crippen LogP contribution is 2.30. The van der Waals surface area contributed by atoms with Gasteiger partial charge in [0.05, 0.1) is 24.4 Å². The molecule has 1 unspecified atom stereocenters. The Morgan fingerprint density at radius 1 is 1.57 bits per heavy atom. The third-order valence-corrected chi connectivity index (χ3v) is 2.95. The van der Waals surface area contributed by atoms with Gasteiger partial charge in [-0.3, -0.25) is 4.68 Å². The van der Waals surface area contributed by atoms with Crippen molar-refractivity contribution >= 4 is 0 Å². The summed E-state index contributed by atoms with van der Waals surface area (Å²) in [6.07, 6.45) is 6.69. The molecule has 1 aliphatic carbocycles. The summed E-state index contributed by atoms with van der Waals surface area (Å²) in [4.78, 5) is 0. The molecule has 4 heteroatoms. The monoisotopic (exact) mass is 195 g/mol. The fraction of sp³-hybridized carbons (Fsp3) is 0.700. The normalized spacial score (nSPS) is 20.1. The lowest BCUT2D eigenvalue weighted by Gasteiger charge is -2.17. The zero-order valence-electron chi connectivity index (χ0n) is 8.26. The molecule has 1 heterocycles. The van der Waals surface area contributed by atoms with Crippen molar-refractivity contribution in [1.82, 2.24) is 9.78 Å². The first kappa shape index (κ1) is 9.68. The molecule has 78 valence electrons. The van der Waals surface area contributed by atoms with Gasteiger partial charge in [-0.05, 0) is 18.9 Å². The lowest BCUT2D eigenvalue weighted by Crippen LogP contribution is -2.21. The number of aliphatic hydroxyl groups excluding tert-OH is 1. The molecule has 1 fully saturated rings. The van der Waals surface area contributed by atoms with Crippen molar-refractivity contribution in [3.63, 3.8) is 0 Å². The smallest absolute Gasteiger partial charge is 0.0702 e. The second kappa shape index (κ2) is 4.11. The van der Waals surface area contributed by atoms with Crippen LogP contribution in [0.25, 0.3) is 0 Å². The van der Waals surface area contributed by atoms with Gasteiger partial charge in [0.2, 0.25) is 0 Å². The van der Waals surface area contributed by atoms with Gasteiger partial charge in [0.25, 0.3) is 0 Å². The summed E-state index contributed by atoms with van der Waals surface area (Å²) in [5, 5.41) is 13.3. The maximum atomic E-state index is 9.01. The summed E-state index contributed by atoms with van der Waals surface area (Å²) < 4.78 is 1.99. The van der Waals surface area contributed by atoms with Crippen molar-refractivity contribution in [3.05, 3.63) is 18.0 Å². The van der Waals surface area contributed by atoms with E-state index >= 15 is 0 Å². The Balaban J connectivity index is 2.19. The molecule has 1 atom stereocenters. The number of aliphatic hydroxyl groups is 1. The first-order valence-corrected chi connectivity index (χ1v) is 5.22. The highest BCUT2D eigenvalue weighted by Gasteiger charge is 2.21. The van der Waals surface area contributed by atoms with Crippen LogP contribution in [0.15, 0.2) is 12.3 Å². The van der Waals surface area contributed by atoms with E-state index in [0.29, 0.717) is 6.04 Å². The van der Waals surface area contributed by atoms with Crippen LogP contribution in [0.1, 0.15) is 43.5 Å². The second-order valence-electron chi connectivity index (χ2n) is 3.93. The predicted octanol–water partition coefficient (Wildman–Crippen LogP) is 0.990. The van der Waals surface area contributed by atoms with Gasteiger partial charge in [-0.2, -0.15) is 5.10 Å². The van der Waals surface area contributed by atoms with Crippen LogP contribution in [-0.2, 0) is 0 Å². The van der Waals surface area contributed by atoms with Crippen LogP contribution < -0.4 is 5.73 Å². The fourth-order valence-electron chi connectivity index (χ4n) is 2.17. The van der Waals surface area contributed by atoms with Crippen LogP contribution in [0.2, 0.25) is 0 Å². The molecule has 0 radical (unpaired) electrons. The molecule has 0 spiro atoms. The number of nitrogens with zero attached hydrogens (tertiary/aromatic N) is 2. The first-order valence-electron chi connectivity index (χ1n) is 5.22. The zero-order chi connectivity index (χ0) is 9.97. The van der Waals surface area contributed by atoms with Gasteiger partial charge in [0.1, 0.15) is 0 Å². The molecular weight excluding hydrogens is 178 g/mol. The molecule has 0 aromatic carbocycles.